The predicted octanol–water partition coefficient (Wildman–Crippen LogP) is 17.2. The second-order valence-corrected chi connectivity index (χ2v) is 16.2. The van der Waals surface area contributed by atoms with E-state index in [4.69, 9.17) is 4.42 Å². The standard InChI is InChI=1S/C60H36O/c1-3-21-40-37(17-1)19-15-32-43(40)57-47-26-7-5-24-45(47)56(46-25-6-8-27-48(46)57)39-35-53-42-23-13-14-34-55(42)61-60(53)54(36-39)59-51-30-11-9-28-49(51)58(50-29-10-12-31-52(50)59)44-33-16-20-38-18-2-4-22-41(38)44/h1-36H. The van der Waals surface area contributed by atoms with Gasteiger partial charge in [0.15, 0.2) is 0 Å². The average molecular weight is 773 g/mol. The summed E-state index contributed by atoms with van der Waals surface area (Å²) in [6, 6.07) is 80.1. The molecule has 13 rings (SSSR count). The van der Waals surface area contributed by atoms with Crippen molar-refractivity contribution in [2.75, 3.05) is 0 Å². The molecule has 0 unspecified atom stereocenters. The molecule has 1 heterocycles. The van der Waals surface area contributed by atoms with E-state index in [2.05, 4.69) is 218 Å². The summed E-state index contributed by atoms with van der Waals surface area (Å²) in [5.74, 6) is 0. The van der Waals surface area contributed by atoms with E-state index in [0.29, 0.717) is 0 Å². The lowest BCUT2D eigenvalue weighted by Gasteiger charge is -2.21. The lowest BCUT2D eigenvalue weighted by molar-refractivity contribution is 0.670. The fraction of sp³-hybridized carbons (Fsp3) is 0. The number of hydrogen-bond acceptors (Lipinski definition) is 1. The molecule has 12 aromatic carbocycles. The largest absolute Gasteiger partial charge is 0.455 e. The molecule has 282 valence electrons. The zero-order chi connectivity index (χ0) is 40.0. The highest BCUT2D eigenvalue weighted by atomic mass is 16.3. The first-order valence-electron chi connectivity index (χ1n) is 21.1. The fourth-order valence-electron chi connectivity index (χ4n) is 10.5. The third kappa shape index (κ3) is 5.02. The Morgan fingerprint density at radius 3 is 1.03 bits per heavy atom. The van der Waals surface area contributed by atoms with Crippen molar-refractivity contribution in [2.45, 2.75) is 0 Å². The molecule has 0 bridgehead atoms. The van der Waals surface area contributed by atoms with Crippen molar-refractivity contribution in [3.63, 3.8) is 0 Å². The summed E-state index contributed by atoms with van der Waals surface area (Å²) in [6.45, 7) is 0. The summed E-state index contributed by atoms with van der Waals surface area (Å²) >= 11 is 0. The van der Waals surface area contributed by atoms with Crippen LogP contribution in [0.1, 0.15) is 0 Å². The van der Waals surface area contributed by atoms with Crippen LogP contribution in [0.2, 0.25) is 0 Å². The first kappa shape index (κ1) is 33.9. The minimum atomic E-state index is 0.887. The van der Waals surface area contributed by atoms with Crippen molar-refractivity contribution in [3.8, 4) is 44.5 Å². The first-order chi connectivity index (χ1) is 30.3. The summed E-state index contributed by atoms with van der Waals surface area (Å²) < 4.78 is 6.99. The summed E-state index contributed by atoms with van der Waals surface area (Å²) in [5, 5.41) is 17.0. The van der Waals surface area contributed by atoms with Gasteiger partial charge in [0.1, 0.15) is 11.2 Å². The zero-order valence-electron chi connectivity index (χ0n) is 33.2. The predicted molar refractivity (Wildman–Crippen MR) is 260 cm³/mol. The van der Waals surface area contributed by atoms with Crippen molar-refractivity contribution in [1.29, 1.82) is 0 Å². The first-order valence-corrected chi connectivity index (χ1v) is 21.1. The van der Waals surface area contributed by atoms with E-state index in [-0.39, 0.29) is 0 Å². The Morgan fingerprint density at radius 2 is 0.574 bits per heavy atom. The molecule has 13 aromatic rings. The molecular weight excluding hydrogens is 737 g/mol. The minimum absolute atomic E-state index is 0.887. The van der Waals surface area contributed by atoms with E-state index in [1.54, 1.807) is 0 Å². The van der Waals surface area contributed by atoms with Crippen LogP contribution < -0.4 is 0 Å². The van der Waals surface area contributed by atoms with Crippen LogP contribution in [0.3, 0.4) is 0 Å². The van der Waals surface area contributed by atoms with Gasteiger partial charge in [-0.25, -0.2) is 0 Å². The van der Waals surface area contributed by atoms with Crippen molar-refractivity contribution < 1.29 is 4.42 Å². The lowest BCUT2D eigenvalue weighted by Crippen LogP contribution is -1.94. The normalized spacial score (nSPS) is 11.9. The van der Waals surface area contributed by atoms with E-state index in [1.807, 2.05) is 0 Å². The second-order valence-electron chi connectivity index (χ2n) is 16.2. The molecule has 0 amide bonds. The monoisotopic (exact) mass is 772 g/mol. The van der Waals surface area contributed by atoms with Crippen LogP contribution >= 0.6 is 0 Å². The van der Waals surface area contributed by atoms with Gasteiger partial charge < -0.3 is 4.42 Å². The van der Waals surface area contributed by atoms with Crippen LogP contribution in [-0.2, 0) is 0 Å². The zero-order valence-corrected chi connectivity index (χ0v) is 33.2. The van der Waals surface area contributed by atoms with E-state index in [0.717, 1.165) is 33.1 Å². The maximum atomic E-state index is 6.99. The van der Waals surface area contributed by atoms with Gasteiger partial charge >= 0.3 is 0 Å². The van der Waals surface area contributed by atoms with Crippen molar-refractivity contribution in [3.05, 3.63) is 218 Å². The molecule has 1 aromatic heterocycles. The summed E-state index contributed by atoms with van der Waals surface area (Å²) in [7, 11) is 0. The van der Waals surface area contributed by atoms with E-state index < -0.39 is 0 Å². The highest BCUT2D eigenvalue weighted by Crippen LogP contribution is 2.51. The molecule has 0 fully saturated rings. The van der Waals surface area contributed by atoms with Gasteiger partial charge in [0, 0.05) is 21.9 Å². The Hall–Kier alpha value is -8.00. The van der Waals surface area contributed by atoms with E-state index in [9.17, 15) is 0 Å². The number of para-hydroxylation sites is 1. The number of furan rings is 1. The molecule has 0 N–H and O–H groups in total. The lowest BCUT2D eigenvalue weighted by atomic mass is 9.82. The van der Waals surface area contributed by atoms with Gasteiger partial charge in [-0.15, -0.1) is 0 Å². The topological polar surface area (TPSA) is 13.1 Å². The third-order valence-corrected chi connectivity index (χ3v) is 13.0. The fourth-order valence-corrected chi connectivity index (χ4v) is 10.5. The smallest absolute Gasteiger partial charge is 0.143 e. The molecule has 0 aliphatic carbocycles. The molecule has 0 spiro atoms. The Bertz CT molecular complexity index is 3820. The Labute approximate surface area is 352 Å². The Balaban J connectivity index is 1.18. The summed E-state index contributed by atoms with van der Waals surface area (Å²) in [4.78, 5) is 0. The number of rotatable bonds is 4. The molecule has 0 radical (unpaired) electrons. The quantitative estimate of drug-likeness (QED) is 0.162. The molecule has 0 saturated heterocycles. The summed E-state index contributed by atoms with van der Waals surface area (Å²) in [6.07, 6.45) is 0. The molecular formula is C60H36O. The van der Waals surface area contributed by atoms with Crippen LogP contribution in [-0.4, -0.2) is 0 Å². The van der Waals surface area contributed by atoms with Gasteiger partial charge in [0.2, 0.25) is 0 Å². The highest BCUT2D eigenvalue weighted by Gasteiger charge is 2.24. The van der Waals surface area contributed by atoms with Crippen molar-refractivity contribution in [2.24, 2.45) is 0 Å². The van der Waals surface area contributed by atoms with Crippen molar-refractivity contribution in [1.82, 2.24) is 0 Å². The number of benzene rings is 12. The molecule has 61 heavy (non-hydrogen) atoms. The maximum absolute atomic E-state index is 6.99. The van der Waals surface area contributed by atoms with Crippen molar-refractivity contribution >= 4 is 86.6 Å². The molecule has 0 saturated carbocycles. The molecule has 0 aliphatic heterocycles. The van der Waals surface area contributed by atoms with E-state index >= 15 is 0 Å². The second kappa shape index (κ2) is 13.3. The Kier molecular flexibility index (Phi) is 7.37. The van der Waals surface area contributed by atoms with Gasteiger partial charge in [0.25, 0.3) is 0 Å². The van der Waals surface area contributed by atoms with Gasteiger partial charge in [0.05, 0.1) is 0 Å². The van der Waals surface area contributed by atoms with Crippen LogP contribution in [0.5, 0.6) is 0 Å². The molecule has 1 nitrogen and oxygen atoms in total. The van der Waals surface area contributed by atoms with E-state index in [1.165, 1.54) is 98.0 Å². The van der Waals surface area contributed by atoms with Gasteiger partial charge in [-0.3, -0.25) is 0 Å². The molecule has 0 atom stereocenters. The highest BCUT2D eigenvalue weighted by molar-refractivity contribution is 6.28. The maximum Gasteiger partial charge on any atom is 0.143 e. The minimum Gasteiger partial charge on any atom is -0.455 e. The number of fused-ring (bicyclic) bond motifs is 9. The average Bonchev–Trinajstić information content (AvgIpc) is 3.71. The SMILES string of the molecule is c1ccc2c(-c3c4ccccc4c(-c4cc(-c5c6ccccc6c(-c6cccc7ccccc67)c6ccccc56)c5oc6ccccc6c5c4)c4ccccc34)cccc2c1. The van der Waals surface area contributed by atoms with Crippen LogP contribution in [0.4, 0.5) is 0 Å². The van der Waals surface area contributed by atoms with Gasteiger partial charge in [-0.05, 0) is 116 Å². The summed E-state index contributed by atoms with van der Waals surface area (Å²) in [5.41, 5.74) is 11.5. The Morgan fingerprint density at radius 1 is 0.230 bits per heavy atom. The molecule has 1 heteroatoms. The van der Waals surface area contributed by atoms with Crippen LogP contribution in [0.15, 0.2) is 223 Å². The third-order valence-electron chi connectivity index (χ3n) is 13.0. The van der Waals surface area contributed by atoms with Crippen LogP contribution in [0, 0.1) is 0 Å². The molecule has 0 aliphatic rings. The van der Waals surface area contributed by atoms with Gasteiger partial charge in [-0.1, -0.05) is 200 Å². The van der Waals surface area contributed by atoms with Crippen LogP contribution in [0.25, 0.3) is 131 Å². The number of hydrogen-bond donors (Lipinski definition) is 0. The van der Waals surface area contributed by atoms with Gasteiger partial charge in [-0.2, -0.15) is 0 Å².